The summed E-state index contributed by atoms with van der Waals surface area (Å²) in [7, 11) is 3.63. The lowest BCUT2D eigenvalue weighted by atomic mass is 10.1. The number of nitrogens with two attached hydrogens (primary N) is 1. The van der Waals surface area contributed by atoms with Crippen molar-refractivity contribution in [2.24, 2.45) is 5.16 Å². The Hall–Kier alpha value is -2.74. The van der Waals surface area contributed by atoms with E-state index in [4.69, 9.17) is 20.0 Å². The summed E-state index contributed by atoms with van der Waals surface area (Å²) in [6.45, 7) is 5.90. The highest BCUT2D eigenvalue weighted by Crippen LogP contribution is 2.35. The minimum absolute atomic E-state index is 0.224. The zero-order valence-corrected chi connectivity index (χ0v) is 19.5. The Labute approximate surface area is 192 Å². The molecule has 4 atom stereocenters. The third-order valence-electron chi connectivity index (χ3n) is 5.38. The van der Waals surface area contributed by atoms with Crippen LogP contribution < -0.4 is 11.1 Å². The zero-order valence-electron chi connectivity index (χ0n) is 19.5. The van der Waals surface area contributed by atoms with Crippen molar-refractivity contribution in [2.75, 3.05) is 51.4 Å². The predicted molar refractivity (Wildman–Crippen MR) is 123 cm³/mol. The summed E-state index contributed by atoms with van der Waals surface area (Å²) >= 11 is 0. The summed E-state index contributed by atoms with van der Waals surface area (Å²) in [5.41, 5.74) is 6.73. The van der Waals surface area contributed by atoms with Crippen LogP contribution in [0, 0.1) is 0 Å². The van der Waals surface area contributed by atoms with Gasteiger partial charge < -0.3 is 40.5 Å². The molecule has 33 heavy (non-hydrogen) atoms. The Morgan fingerprint density at radius 1 is 1.33 bits per heavy atom. The summed E-state index contributed by atoms with van der Waals surface area (Å²) < 4.78 is 12.9. The number of nitrogens with zero attached hydrogens (tertiary/aromatic N) is 6. The number of oxime groups is 1. The summed E-state index contributed by atoms with van der Waals surface area (Å²) in [5, 5.41) is 28.2. The predicted octanol–water partition coefficient (Wildman–Crippen LogP) is 0.168. The van der Waals surface area contributed by atoms with Crippen molar-refractivity contribution in [3.63, 3.8) is 0 Å². The minimum Gasteiger partial charge on any atom is -0.479 e. The average molecular weight is 467 g/mol. The summed E-state index contributed by atoms with van der Waals surface area (Å²) in [4.78, 5) is 19.9. The first-order valence-electron chi connectivity index (χ1n) is 11.0. The molecule has 3 heterocycles. The number of aliphatic hydroxyl groups excluding tert-OH is 2. The number of rotatable bonds is 11. The van der Waals surface area contributed by atoms with Crippen LogP contribution in [0.3, 0.4) is 0 Å². The molecule has 184 valence electrons. The zero-order chi connectivity index (χ0) is 24.0. The Balaban J connectivity index is 1.55. The molecule has 1 saturated heterocycles. The molecule has 1 fully saturated rings. The van der Waals surface area contributed by atoms with E-state index in [1.54, 1.807) is 18.5 Å². The third-order valence-corrected chi connectivity index (χ3v) is 5.38. The van der Waals surface area contributed by atoms with Crippen molar-refractivity contribution in [1.29, 1.82) is 0 Å². The molecule has 0 aromatic carbocycles. The molecule has 0 aliphatic carbocycles. The lowest BCUT2D eigenvalue weighted by molar-refractivity contribution is -0.0412. The maximum Gasteiger partial charge on any atom is 0.222 e. The van der Waals surface area contributed by atoms with Gasteiger partial charge in [0.15, 0.2) is 23.2 Å². The monoisotopic (exact) mass is 466 g/mol. The van der Waals surface area contributed by atoms with Crippen molar-refractivity contribution in [3.05, 3.63) is 6.33 Å². The van der Waals surface area contributed by atoms with E-state index in [2.05, 4.69) is 25.4 Å². The Kier molecular flexibility index (Phi) is 8.61. The summed E-state index contributed by atoms with van der Waals surface area (Å²) in [6.07, 6.45) is -0.681. The number of hydrogen-bond acceptors (Lipinski definition) is 12. The van der Waals surface area contributed by atoms with Crippen molar-refractivity contribution in [1.82, 2.24) is 24.4 Å². The van der Waals surface area contributed by atoms with Gasteiger partial charge in [-0.3, -0.25) is 4.57 Å². The molecule has 2 aromatic rings. The van der Waals surface area contributed by atoms with E-state index in [-0.39, 0.29) is 5.82 Å². The second-order valence-electron chi connectivity index (χ2n) is 7.88. The maximum absolute atomic E-state index is 10.7. The fraction of sp³-hybridized carbons (Fsp3) is 0.700. The van der Waals surface area contributed by atoms with Crippen LogP contribution in [0.5, 0.6) is 0 Å². The molecule has 0 spiro atoms. The van der Waals surface area contributed by atoms with Gasteiger partial charge in [-0.25, -0.2) is 15.0 Å². The number of ether oxygens (including phenoxy) is 2. The first kappa shape index (κ1) is 24.9. The number of aromatic nitrogens is 4. The lowest BCUT2D eigenvalue weighted by Gasteiger charge is -2.22. The lowest BCUT2D eigenvalue weighted by Crippen LogP contribution is -2.38. The van der Waals surface area contributed by atoms with Crippen LogP contribution >= 0.6 is 0 Å². The molecule has 0 radical (unpaired) electrons. The highest BCUT2D eigenvalue weighted by molar-refractivity contribution is 5.84. The third kappa shape index (κ3) is 5.79. The Morgan fingerprint density at radius 3 is 2.85 bits per heavy atom. The summed E-state index contributed by atoms with van der Waals surface area (Å²) in [5.74, 6) is 1.14. The molecule has 0 unspecified atom stereocenters. The van der Waals surface area contributed by atoms with E-state index >= 15 is 0 Å². The first-order valence-corrected chi connectivity index (χ1v) is 11.0. The molecular weight excluding hydrogens is 432 g/mol. The van der Waals surface area contributed by atoms with E-state index in [9.17, 15) is 10.2 Å². The summed E-state index contributed by atoms with van der Waals surface area (Å²) in [6, 6.07) is 0. The number of imidazole rings is 1. The number of likely N-dealkylation sites (N-methyl/N-ethyl adjacent to an activating group) is 1. The van der Waals surface area contributed by atoms with Gasteiger partial charge in [0.05, 0.1) is 6.61 Å². The van der Waals surface area contributed by atoms with Gasteiger partial charge in [-0.2, -0.15) is 0 Å². The number of aliphatic hydroxyl groups is 2. The minimum atomic E-state index is -1.16. The van der Waals surface area contributed by atoms with Crippen LogP contribution in [-0.4, -0.2) is 99.2 Å². The van der Waals surface area contributed by atoms with Gasteiger partial charge in [0.2, 0.25) is 11.8 Å². The number of hydrogen-bond donors (Lipinski definition) is 4. The van der Waals surface area contributed by atoms with Crippen LogP contribution in [0.1, 0.15) is 32.9 Å². The molecule has 0 saturated carbocycles. The molecule has 1 aliphatic rings. The molecule has 0 bridgehead atoms. The SMILES string of the molecule is CCO/C(C)=N/OCCCCN(C)C[C@H]1O[C@@H](n2c(NC)nc3c(N)ncnc32)[C@H](O)[C@@H]1O. The van der Waals surface area contributed by atoms with Crippen LogP contribution in [0.4, 0.5) is 11.8 Å². The second-order valence-corrected chi connectivity index (χ2v) is 7.88. The molecule has 3 rings (SSSR count). The second kappa shape index (κ2) is 11.4. The van der Waals surface area contributed by atoms with Gasteiger partial charge in [-0.05, 0) is 33.4 Å². The van der Waals surface area contributed by atoms with E-state index < -0.39 is 24.5 Å². The van der Waals surface area contributed by atoms with Gasteiger partial charge in [-0.15, -0.1) is 0 Å². The van der Waals surface area contributed by atoms with Crippen LogP contribution in [0.15, 0.2) is 11.5 Å². The number of nitrogens with one attached hydrogen (secondary N) is 1. The van der Waals surface area contributed by atoms with Gasteiger partial charge in [0, 0.05) is 20.5 Å². The van der Waals surface area contributed by atoms with Crippen molar-refractivity contribution >= 4 is 28.8 Å². The van der Waals surface area contributed by atoms with Crippen molar-refractivity contribution in [2.45, 2.75) is 51.2 Å². The van der Waals surface area contributed by atoms with Crippen molar-refractivity contribution < 1.29 is 24.5 Å². The standard InChI is InChI=1S/C20H34N8O5/c1-5-31-12(2)26-32-9-7-6-8-27(4)10-13-15(29)16(30)19(33-13)28-18-14(25-20(28)22-3)17(21)23-11-24-18/h11,13,15-16,19,29-30H,5-10H2,1-4H3,(H,22,25)(H2,21,23,24)/b26-12+/t13-,15-,16-,19-/m1/s1. The fourth-order valence-electron chi connectivity index (χ4n) is 3.76. The molecule has 5 N–H and O–H groups in total. The number of fused-ring (bicyclic) bond motifs is 1. The van der Waals surface area contributed by atoms with Gasteiger partial charge >= 0.3 is 0 Å². The normalized spacial score (nSPS) is 23.4. The Bertz CT molecular complexity index is 939. The average Bonchev–Trinajstić information content (AvgIpc) is 3.29. The molecule has 13 nitrogen and oxygen atoms in total. The molecule has 1 aliphatic heterocycles. The van der Waals surface area contributed by atoms with Crippen LogP contribution in [0.2, 0.25) is 0 Å². The van der Waals surface area contributed by atoms with E-state index in [0.29, 0.717) is 42.8 Å². The van der Waals surface area contributed by atoms with Gasteiger partial charge in [0.1, 0.15) is 31.2 Å². The van der Waals surface area contributed by atoms with E-state index in [1.807, 2.05) is 18.9 Å². The molecule has 2 aromatic heterocycles. The highest BCUT2D eigenvalue weighted by atomic mass is 16.6. The van der Waals surface area contributed by atoms with Crippen LogP contribution in [-0.2, 0) is 14.3 Å². The number of nitrogen functional groups attached to an aromatic ring is 1. The maximum atomic E-state index is 10.7. The first-order chi connectivity index (χ1) is 15.9. The van der Waals surface area contributed by atoms with Gasteiger partial charge in [-0.1, -0.05) is 5.16 Å². The van der Waals surface area contributed by atoms with Crippen molar-refractivity contribution in [3.8, 4) is 0 Å². The smallest absolute Gasteiger partial charge is 0.222 e. The Morgan fingerprint density at radius 2 is 2.12 bits per heavy atom. The topological polar surface area (TPSA) is 165 Å². The quantitative estimate of drug-likeness (QED) is 0.154. The number of anilines is 2. The van der Waals surface area contributed by atoms with E-state index in [0.717, 1.165) is 19.4 Å². The van der Waals surface area contributed by atoms with E-state index in [1.165, 1.54) is 6.33 Å². The fourth-order valence-corrected chi connectivity index (χ4v) is 3.76. The number of unbranched alkanes of at least 4 members (excludes halogenated alkanes) is 1. The molecule has 13 heteroatoms. The largest absolute Gasteiger partial charge is 0.479 e. The molecular formula is C20H34N8O5. The highest BCUT2D eigenvalue weighted by Gasteiger charge is 2.45. The van der Waals surface area contributed by atoms with Crippen LogP contribution in [0.25, 0.3) is 11.2 Å². The molecule has 0 amide bonds. The van der Waals surface area contributed by atoms with Gasteiger partial charge in [0.25, 0.3) is 0 Å².